The van der Waals surface area contributed by atoms with Gasteiger partial charge in [-0.25, -0.2) is 4.79 Å². The van der Waals surface area contributed by atoms with Crippen LogP contribution in [0.4, 0.5) is 0 Å². The summed E-state index contributed by atoms with van der Waals surface area (Å²) in [7, 11) is 1.45. The number of nitrogens with one attached hydrogen (secondary N) is 1. The zero-order valence-corrected chi connectivity index (χ0v) is 14.3. The molecular weight excluding hydrogens is 365 g/mol. The number of carbonyl (C=O) groups is 1. The Hall–Kier alpha value is -0.620. The number of esters is 1. The number of hydrogen-bond donors (Lipinski definition) is 1. The predicted octanol–water partition coefficient (Wildman–Crippen LogP) is 3.60. The van der Waals surface area contributed by atoms with E-state index in [0.29, 0.717) is 6.04 Å². The third kappa shape index (κ3) is 3.52. The molecule has 0 amide bonds. The lowest BCUT2D eigenvalue weighted by Crippen LogP contribution is -2.52. The van der Waals surface area contributed by atoms with E-state index in [1.807, 2.05) is 31.2 Å². The normalized spacial score (nSPS) is 19.4. The van der Waals surface area contributed by atoms with Gasteiger partial charge in [0.15, 0.2) is 0 Å². The smallest absolute Gasteiger partial charge is 0.330 e. The van der Waals surface area contributed by atoms with E-state index < -0.39 is 5.54 Å². The SMILES string of the molecule is COC(=O)C(C)(NC1CCCCC1)c1ccc(I)cc1. The maximum atomic E-state index is 12.3. The van der Waals surface area contributed by atoms with Crippen molar-refractivity contribution in [1.82, 2.24) is 5.32 Å². The van der Waals surface area contributed by atoms with E-state index in [1.165, 1.54) is 26.4 Å². The number of carbonyl (C=O) groups excluding carboxylic acids is 1. The van der Waals surface area contributed by atoms with Gasteiger partial charge >= 0.3 is 5.97 Å². The summed E-state index contributed by atoms with van der Waals surface area (Å²) in [5.41, 5.74) is 0.205. The van der Waals surface area contributed by atoms with Crippen LogP contribution in [0.1, 0.15) is 44.6 Å². The lowest BCUT2D eigenvalue weighted by molar-refractivity contribution is -0.148. The minimum Gasteiger partial charge on any atom is -0.467 e. The minimum atomic E-state index is -0.763. The fourth-order valence-electron chi connectivity index (χ4n) is 2.90. The van der Waals surface area contributed by atoms with Gasteiger partial charge in [-0.15, -0.1) is 0 Å². The zero-order valence-electron chi connectivity index (χ0n) is 12.1. The van der Waals surface area contributed by atoms with Gasteiger partial charge in [0.25, 0.3) is 0 Å². The first-order valence-electron chi connectivity index (χ1n) is 7.18. The van der Waals surface area contributed by atoms with Crippen LogP contribution in [0.3, 0.4) is 0 Å². The first kappa shape index (κ1) is 15.8. The van der Waals surface area contributed by atoms with Gasteiger partial charge in [-0.1, -0.05) is 31.4 Å². The first-order valence-corrected chi connectivity index (χ1v) is 8.26. The van der Waals surface area contributed by atoms with Gasteiger partial charge in [-0.3, -0.25) is 5.32 Å². The summed E-state index contributed by atoms with van der Waals surface area (Å²) in [5, 5.41) is 3.54. The van der Waals surface area contributed by atoms with Gasteiger partial charge in [0.05, 0.1) is 7.11 Å². The van der Waals surface area contributed by atoms with E-state index in [4.69, 9.17) is 4.74 Å². The van der Waals surface area contributed by atoms with E-state index in [2.05, 4.69) is 27.9 Å². The maximum Gasteiger partial charge on any atom is 0.330 e. The molecule has 1 fully saturated rings. The van der Waals surface area contributed by atoms with Crippen LogP contribution in [0.25, 0.3) is 0 Å². The van der Waals surface area contributed by atoms with Gasteiger partial charge in [-0.05, 0) is 60.1 Å². The number of rotatable bonds is 4. The molecule has 0 spiro atoms. The highest BCUT2D eigenvalue weighted by Crippen LogP contribution is 2.27. The van der Waals surface area contributed by atoms with Crippen LogP contribution in [-0.4, -0.2) is 19.1 Å². The Morgan fingerprint density at radius 3 is 2.40 bits per heavy atom. The summed E-state index contributed by atoms with van der Waals surface area (Å²) in [6.07, 6.45) is 6.05. The number of hydrogen-bond acceptors (Lipinski definition) is 3. The molecule has 0 bridgehead atoms. The highest BCUT2D eigenvalue weighted by atomic mass is 127. The summed E-state index contributed by atoms with van der Waals surface area (Å²) in [6, 6.07) is 8.47. The zero-order chi connectivity index (χ0) is 14.6. The van der Waals surface area contributed by atoms with Crippen molar-refractivity contribution in [2.45, 2.75) is 50.6 Å². The molecule has 0 radical (unpaired) electrons. The molecule has 1 atom stereocenters. The molecule has 1 N–H and O–H groups in total. The predicted molar refractivity (Wildman–Crippen MR) is 88.5 cm³/mol. The van der Waals surface area contributed by atoms with Crippen molar-refractivity contribution >= 4 is 28.6 Å². The molecule has 0 saturated heterocycles. The molecule has 3 nitrogen and oxygen atoms in total. The Kier molecular flexibility index (Phi) is 5.43. The Morgan fingerprint density at radius 2 is 1.85 bits per heavy atom. The van der Waals surface area contributed by atoms with Gasteiger partial charge in [0.2, 0.25) is 0 Å². The molecule has 1 unspecified atom stereocenters. The molecular formula is C16H22INO2. The van der Waals surface area contributed by atoms with E-state index in [0.717, 1.165) is 22.0 Å². The highest BCUT2D eigenvalue weighted by molar-refractivity contribution is 14.1. The van der Waals surface area contributed by atoms with Crippen molar-refractivity contribution in [2.75, 3.05) is 7.11 Å². The standard InChI is InChI=1S/C16H22INO2/c1-16(15(19)20-2,12-8-10-13(17)11-9-12)18-14-6-4-3-5-7-14/h8-11,14,18H,3-7H2,1-2H3. The Labute approximate surface area is 134 Å². The third-order valence-electron chi connectivity index (χ3n) is 4.11. The van der Waals surface area contributed by atoms with E-state index in [9.17, 15) is 4.79 Å². The number of benzene rings is 1. The molecule has 4 heteroatoms. The average molecular weight is 387 g/mol. The number of halogens is 1. The summed E-state index contributed by atoms with van der Waals surface area (Å²) < 4.78 is 6.20. The van der Waals surface area contributed by atoms with Crippen molar-refractivity contribution in [1.29, 1.82) is 0 Å². The van der Waals surface area contributed by atoms with Gasteiger partial charge in [0, 0.05) is 9.61 Å². The number of methoxy groups -OCH3 is 1. The Morgan fingerprint density at radius 1 is 1.25 bits per heavy atom. The molecule has 20 heavy (non-hydrogen) atoms. The second kappa shape index (κ2) is 6.89. The van der Waals surface area contributed by atoms with Crippen LogP contribution in [0.15, 0.2) is 24.3 Å². The molecule has 0 aromatic heterocycles. The Bertz CT molecular complexity index is 454. The van der Waals surface area contributed by atoms with Crippen molar-refractivity contribution in [3.8, 4) is 0 Å². The maximum absolute atomic E-state index is 12.3. The topological polar surface area (TPSA) is 38.3 Å². The van der Waals surface area contributed by atoms with Crippen molar-refractivity contribution < 1.29 is 9.53 Å². The largest absolute Gasteiger partial charge is 0.467 e. The van der Waals surface area contributed by atoms with Crippen LogP contribution in [0.5, 0.6) is 0 Å². The molecule has 1 aromatic rings. The summed E-state index contributed by atoms with van der Waals surface area (Å²) in [5.74, 6) is -0.218. The van der Waals surface area contributed by atoms with E-state index in [1.54, 1.807) is 0 Å². The second-order valence-corrected chi connectivity index (χ2v) is 6.85. The van der Waals surface area contributed by atoms with Crippen LogP contribution >= 0.6 is 22.6 Å². The van der Waals surface area contributed by atoms with Gasteiger partial charge in [-0.2, -0.15) is 0 Å². The molecule has 0 heterocycles. The van der Waals surface area contributed by atoms with Crippen LogP contribution in [0, 0.1) is 3.57 Å². The van der Waals surface area contributed by atoms with Crippen LogP contribution in [-0.2, 0) is 15.1 Å². The summed E-state index contributed by atoms with van der Waals surface area (Å²) in [4.78, 5) is 12.3. The summed E-state index contributed by atoms with van der Waals surface area (Å²) in [6.45, 7) is 1.93. The second-order valence-electron chi connectivity index (χ2n) is 5.60. The van der Waals surface area contributed by atoms with Crippen molar-refractivity contribution in [3.63, 3.8) is 0 Å². The highest BCUT2D eigenvalue weighted by Gasteiger charge is 2.38. The minimum absolute atomic E-state index is 0.218. The Balaban J connectivity index is 2.24. The van der Waals surface area contributed by atoms with Crippen LogP contribution < -0.4 is 5.32 Å². The van der Waals surface area contributed by atoms with Crippen LogP contribution in [0.2, 0.25) is 0 Å². The van der Waals surface area contributed by atoms with Crippen molar-refractivity contribution in [3.05, 3.63) is 33.4 Å². The molecule has 1 saturated carbocycles. The van der Waals surface area contributed by atoms with E-state index in [-0.39, 0.29) is 5.97 Å². The van der Waals surface area contributed by atoms with Gasteiger partial charge < -0.3 is 4.74 Å². The summed E-state index contributed by atoms with van der Waals surface area (Å²) >= 11 is 2.27. The van der Waals surface area contributed by atoms with E-state index >= 15 is 0 Å². The average Bonchev–Trinajstić information content (AvgIpc) is 2.48. The third-order valence-corrected chi connectivity index (χ3v) is 4.83. The molecule has 110 valence electrons. The fraction of sp³-hybridized carbons (Fsp3) is 0.562. The van der Waals surface area contributed by atoms with Crippen molar-refractivity contribution in [2.24, 2.45) is 0 Å². The quantitative estimate of drug-likeness (QED) is 0.634. The molecule has 1 aliphatic rings. The molecule has 1 aromatic carbocycles. The lowest BCUT2D eigenvalue weighted by Gasteiger charge is -2.35. The van der Waals surface area contributed by atoms with Gasteiger partial charge in [0.1, 0.15) is 5.54 Å². The monoisotopic (exact) mass is 387 g/mol. The lowest BCUT2D eigenvalue weighted by atomic mass is 9.87. The molecule has 0 aliphatic heterocycles. The number of ether oxygens (including phenoxy) is 1. The first-order chi connectivity index (χ1) is 9.56. The fourth-order valence-corrected chi connectivity index (χ4v) is 3.26. The molecule has 2 rings (SSSR count). The molecule has 1 aliphatic carbocycles.